The van der Waals surface area contributed by atoms with Gasteiger partial charge >= 0.3 is 0 Å². The van der Waals surface area contributed by atoms with E-state index in [0.717, 1.165) is 5.82 Å². The molecule has 2 aromatic rings. The number of rotatable bonds is 4. The first kappa shape index (κ1) is 11.2. The van der Waals surface area contributed by atoms with E-state index in [1.807, 2.05) is 6.92 Å². The van der Waals surface area contributed by atoms with Gasteiger partial charge in [-0.2, -0.15) is 5.10 Å². The average Bonchev–Trinajstić information content (AvgIpc) is 2.89. The van der Waals surface area contributed by atoms with Crippen LogP contribution in [0.4, 0.5) is 5.69 Å². The highest BCUT2D eigenvalue weighted by atomic mass is 16.2. The molecule has 2 heterocycles. The van der Waals surface area contributed by atoms with Crippen LogP contribution in [0.1, 0.15) is 18.8 Å². The Balaban J connectivity index is 1.89. The van der Waals surface area contributed by atoms with Crippen LogP contribution in [0.15, 0.2) is 24.8 Å². The van der Waals surface area contributed by atoms with Crippen molar-refractivity contribution < 1.29 is 4.79 Å². The van der Waals surface area contributed by atoms with E-state index in [2.05, 4.69) is 20.4 Å². The lowest BCUT2D eigenvalue weighted by Crippen LogP contribution is -2.30. The zero-order valence-corrected chi connectivity index (χ0v) is 9.42. The highest BCUT2D eigenvalue weighted by molar-refractivity contribution is 5.76. The number of aromatic nitrogens is 4. The fraction of sp³-hybridized carbons (Fsp3) is 0.300. The minimum Gasteiger partial charge on any atom is -0.396 e. The second kappa shape index (κ2) is 4.69. The number of hydrogen-bond acceptors (Lipinski definition) is 4. The fourth-order valence-corrected chi connectivity index (χ4v) is 1.48. The number of nitrogens with two attached hydrogens (primary N) is 1. The lowest BCUT2D eigenvalue weighted by atomic mass is 10.3. The van der Waals surface area contributed by atoms with Crippen molar-refractivity contribution in [3.05, 3.63) is 30.6 Å². The summed E-state index contributed by atoms with van der Waals surface area (Å²) in [7, 11) is 0. The number of anilines is 1. The monoisotopic (exact) mass is 234 g/mol. The first-order chi connectivity index (χ1) is 8.15. The summed E-state index contributed by atoms with van der Waals surface area (Å²) in [5, 5.41) is 6.74. The molecule has 1 amide bonds. The number of carbonyl (C=O) groups is 1. The van der Waals surface area contributed by atoms with Crippen LogP contribution in [-0.4, -0.2) is 25.7 Å². The SMILES string of the molecule is CC(NC(=O)Cn1cc(N)cn1)c1ncc[nH]1. The van der Waals surface area contributed by atoms with Crippen molar-refractivity contribution >= 4 is 11.6 Å². The smallest absolute Gasteiger partial charge is 0.242 e. The normalized spacial score (nSPS) is 12.3. The van der Waals surface area contributed by atoms with E-state index in [9.17, 15) is 4.79 Å². The molecular weight excluding hydrogens is 220 g/mol. The zero-order chi connectivity index (χ0) is 12.3. The first-order valence-electron chi connectivity index (χ1n) is 5.21. The third kappa shape index (κ3) is 2.83. The minimum atomic E-state index is -0.162. The van der Waals surface area contributed by atoms with E-state index in [0.29, 0.717) is 5.69 Å². The highest BCUT2D eigenvalue weighted by Crippen LogP contribution is 2.05. The van der Waals surface area contributed by atoms with Crippen molar-refractivity contribution in [2.75, 3.05) is 5.73 Å². The van der Waals surface area contributed by atoms with Gasteiger partial charge in [0.2, 0.25) is 5.91 Å². The Hall–Kier alpha value is -2.31. The fourth-order valence-electron chi connectivity index (χ4n) is 1.48. The number of nitrogens with one attached hydrogen (secondary N) is 2. The van der Waals surface area contributed by atoms with E-state index in [-0.39, 0.29) is 18.5 Å². The van der Waals surface area contributed by atoms with Gasteiger partial charge in [-0.1, -0.05) is 0 Å². The standard InChI is InChI=1S/C10H14N6O/c1-7(10-12-2-3-13-10)15-9(17)6-16-5-8(11)4-14-16/h2-5,7H,6,11H2,1H3,(H,12,13)(H,15,17). The third-order valence-corrected chi connectivity index (χ3v) is 2.27. The number of imidazole rings is 1. The lowest BCUT2D eigenvalue weighted by molar-refractivity contribution is -0.122. The van der Waals surface area contributed by atoms with Gasteiger partial charge < -0.3 is 16.0 Å². The van der Waals surface area contributed by atoms with E-state index < -0.39 is 0 Å². The average molecular weight is 234 g/mol. The van der Waals surface area contributed by atoms with Gasteiger partial charge in [0, 0.05) is 18.6 Å². The molecule has 1 atom stereocenters. The molecule has 0 bridgehead atoms. The zero-order valence-electron chi connectivity index (χ0n) is 9.42. The number of aromatic amines is 1. The summed E-state index contributed by atoms with van der Waals surface area (Å²) >= 11 is 0. The molecule has 17 heavy (non-hydrogen) atoms. The van der Waals surface area contributed by atoms with Crippen molar-refractivity contribution in [2.24, 2.45) is 0 Å². The third-order valence-electron chi connectivity index (χ3n) is 2.27. The van der Waals surface area contributed by atoms with Gasteiger partial charge in [0.25, 0.3) is 0 Å². The maximum absolute atomic E-state index is 11.7. The molecule has 0 aliphatic rings. The Morgan fingerprint density at radius 1 is 1.71 bits per heavy atom. The predicted octanol–water partition coefficient (Wildman–Crippen LogP) is 0.0658. The minimum absolute atomic E-state index is 0.141. The van der Waals surface area contributed by atoms with Crippen LogP contribution in [0.2, 0.25) is 0 Å². The second-order valence-electron chi connectivity index (χ2n) is 3.73. The molecular formula is C10H14N6O. The maximum atomic E-state index is 11.7. The van der Waals surface area contributed by atoms with E-state index in [1.165, 1.54) is 10.9 Å². The second-order valence-corrected chi connectivity index (χ2v) is 3.73. The summed E-state index contributed by atoms with van der Waals surface area (Å²) in [4.78, 5) is 18.7. The molecule has 2 rings (SSSR count). The number of nitrogen functional groups attached to an aromatic ring is 1. The number of amides is 1. The van der Waals surface area contributed by atoms with Crippen LogP contribution in [0, 0.1) is 0 Å². The number of nitrogens with zero attached hydrogens (tertiary/aromatic N) is 3. The summed E-state index contributed by atoms with van der Waals surface area (Å²) in [6.45, 7) is 2.00. The van der Waals surface area contributed by atoms with Gasteiger partial charge in [-0.3, -0.25) is 9.48 Å². The van der Waals surface area contributed by atoms with Gasteiger partial charge in [0.1, 0.15) is 12.4 Å². The van der Waals surface area contributed by atoms with Gasteiger partial charge in [-0.05, 0) is 6.92 Å². The van der Waals surface area contributed by atoms with Crippen molar-refractivity contribution in [3.63, 3.8) is 0 Å². The Kier molecular flexibility index (Phi) is 3.08. The molecule has 0 saturated heterocycles. The largest absolute Gasteiger partial charge is 0.396 e. The summed E-state index contributed by atoms with van der Waals surface area (Å²) in [5.41, 5.74) is 6.04. The van der Waals surface area contributed by atoms with Gasteiger partial charge in [0.05, 0.1) is 17.9 Å². The number of hydrogen-bond donors (Lipinski definition) is 3. The molecule has 0 aliphatic carbocycles. The predicted molar refractivity (Wildman–Crippen MR) is 61.8 cm³/mol. The number of carbonyl (C=O) groups excluding carboxylic acids is 1. The van der Waals surface area contributed by atoms with Gasteiger partial charge in [-0.15, -0.1) is 0 Å². The summed E-state index contributed by atoms with van der Waals surface area (Å²) < 4.78 is 1.49. The van der Waals surface area contributed by atoms with Gasteiger partial charge in [-0.25, -0.2) is 4.98 Å². The van der Waals surface area contributed by atoms with Crippen LogP contribution < -0.4 is 11.1 Å². The molecule has 0 aliphatic heterocycles. The van der Waals surface area contributed by atoms with E-state index in [4.69, 9.17) is 5.73 Å². The lowest BCUT2D eigenvalue weighted by Gasteiger charge is -2.11. The molecule has 0 fully saturated rings. The topological polar surface area (TPSA) is 102 Å². The Morgan fingerprint density at radius 2 is 2.53 bits per heavy atom. The molecule has 90 valence electrons. The van der Waals surface area contributed by atoms with Crippen molar-refractivity contribution in [3.8, 4) is 0 Å². The molecule has 0 spiro atoms. The number of H-pyrrole nitrogens is 1. The maximum Gasteiger partial charge on any atom is 0.242 e. The molecule has 0 radical (unpaired) electrons. The quantitative estimate of drug-likeness (QED) is 0.696. The van der Waals surface area contributed by atoms with Crippen molar-refractivity contribution in [1.82, 2.24) is 25.1 Å². The molecule has 7 nitrogen and oxygen atoms in total. The molecule has 1 unspecified atom stereocenters. The first-order valence-corrected chi connectivity index (χ1v) is 5.21. The Labute approximate surface area is 98.0 Å². The summed E-state index contributed by atoms with van der Waals surface area (Å²) in [5.74, 6) is 0.579. The van der Waals surface area contributed by atoms with Crippen LogP contribution in [0.3, 0.4) is 0 Å². The van der Waals surface area contributed by atoms with Gasteiger partial charge in [0.15, 0.2) is 0 Å². The van der Waals surface area contributed by atoms with Crippen LogP contribution in [0.5, 0.6) is 0 Å². The van der Waals surface area contributed by atoms with Crippen LogP contribution in [-0.2, 0) is 11.3 Å². The molecule has 2 aromatic heterocycles. The summed E-state index contributed by atoms with van der Waals surface area (Å²) in [6, 6.07) is -0.162. The molecule has 0 aromatic carbocycles. The molecule has 4 N–H and O–H groups in total. The van der Waals surface area contributed by atoms with E-state index in [1.54, 1.807) is 18.6 Å². The van der Waals surface area contributed by atoms with Crippen LogP contribution in [0.25, 0.3) is 0 Å². The van der Waals surface area contributed by atoms with E-state index >= 15 is 0 Å². The molecule has 7 heteroatoms. The van der Waals surface area contributed by atoms with Crippen molar-refractivity contribution in [1.29, 1.82) is 0 Å². The van der Waals surface area contributed by atoms with Crippen molar-refractivity contribution in [2.45, 2.75) is 19.5 Å². The Bertz CT molecular complexity index is 489. The molecule has 0 saturated carbocycles. The highest BCUT2D eigenvalue weighted by Gasteiger charge is 2.11. The summed E-state index contributed by atoms with van der Waals surface area (Å²) in [6.07, 6.45) is 6.47. The van der Waals surface area contributed by atoms with Crippen LogP contribution >= 0.6 is 0 Å². The Morgan fingerprint density at radius 3 is 3.12 bits per heavy atom.